The molecule has 0 atom stereocenters. The lowest BCUT2D eigenvalue weighted by Gasteiger charge is -2.33. The highest BCUT2D eigenvalue weighted by molar-refractivity contribution is 7.89. The smallest absolute Gasteiger partial charge is 0.289 e. The third-order valence-electron chi connectivity index (χ3n) is 5.79. The zero-order valence-corrected chi connectivity index (χ0v) is 18.9. The second-order valence-electron chi connectivity index (χ2n) is 7.67. The summed E-state index contributed by atoms with van der Waals surface area (Å²) in [5.41, 5.74) is 1.20. The summed E-state index contributed by atoms with van der Waals surface area (Å²) in [5, 5.41) is 1.24. The van der Waals surface area contributed by atoms with Crippen molar-refractivity contribution in [2.75, 3.05) is 39.4 Å². The largest absolute Gasteiger partial charge is 0.486 e. The molecule has 1 amide bonds. The third-order valence-corrected chi connectivity index (χ3v) is 7.98. The Morgan fingerprint density at radius 3 is 2.44 bits per heavy atom. The Morgan fingerprint density at radius 1 is 1.00 bits per heavy atom. The van der Waals surface area contributed by atoms with Crippen molar-refractivity contribution in [1.29, 1.82) is 0 Å². The molecule has 0 radical (unpaired) electrons. The topological polar surface area (TPSA) is 89.3 Å². The molecular formula is C22H21ClN2O6S. The summed E-state index contributed by atoms with van der Waals surface area (Å²) in [7, 11) is -3.72. The highest BCUT2D eigenvalue weighted by atomic mass is 35.5. The van der Waals surface area contributed by atoms with Gasteiger partial charge in [-0.15, -0.1) is 0 Å². The molecule has 2 aliphatic rings. The van der Waals surface area contributed by atoms with Gasteiger partial charge in [-0.2, -0.15) is 4.31 Å². The fourth-order valence-electron chi connectivity index (χ4n) is 4.02. The number of carbonyl (C=O) groups excluding carboxylic acids is 1. The van der Waals surface area contributed by atoms with Gasteiger partial charge in [0.2, 0.25) is 10.0 Å². The SMILES string of the molecule is Cc1c(C(=O)N2CCN(S(=O)(=O)c3ccc4c(c3)OCCO4)CC2)oc2c(Cl)cccc12. The quantitative estimate of drug-likeness (QED) is 0.576. The predicted molar refractivity (Wildman–Crippen MR) is 118 cm³/mol. The van der Waals surface area contributed by atoms with Crippen LogP contribution < -0.4 is 9.47 Å². The number of amides is 1. The van der Waals surface area contributed by atoms with Crippen LogP contribution in [0.5, 0.6) is 11.5 Å². The van der Waals surface area contributed by atoms with Gasteiger partial charge in [-0.1, -0.05) is 23.7 Å². The van der Waals surface area contributed by atoms with Crippen LogP contribution in [0.15, 0.2) is 45.7 Å². The van der Waals surface area contributed by atoms with Gasteiger partial charge >= 0.3 is 0 Å². The van der Waals surface area contributed by atoms with Crippen molar-refractivity contribution in [1.82, 2.24) is 9.21 Å². The van der Waals surface area contributed by atoms with Crippen molar-refractivity contribution in [2.45, 2.75) is 11.8 Å². The van der Waals surface area contributed by atoms with E-state index in [0.29, 0.717) is 35.3 Å². The molecule has 10 heteroatoms. The molecule has 0 unspecified atom stereocenters. The maximum Gasteiger partial charge on any atom is 0.289 e. The third kappa shape index (κ3) is 3.50. The zero-order chi connectivity index (χ0) is 22.5. The monoisotopic (exact) mass is 476 g/mol. The number of piperazine rings is 1. The minimum Gasteiger partial charge on any atom is -0.486 e. The molecule has 3 aromatic rings. The number of hydrogen-bond acceptors (Lipinski definition) is 6. The van der Waals surface area contributed by atoms with Crippen LogP contribution in [0, 0.1) is 6.92 Å². The molecule has 8 nitrogen and oxygen atoms in total. The zero-order valence-electron chi connectivity index (χ0n) is 17.3. The molecule has 3 heterocycles. The van der Waals surface area contributed by atoms with Crippen molar-refractivity contribution >= 4 is 38.5 Å². The van der Waals surface area contributed by atoms with Crippen LogP contribution in [-0.2, 0) is 10.0 Å². The van der Waals surface area contributed by atoms with E-state index < -0.39 is 10.0 Å². The summed E-state index contributed by atoms with van der Waals surface area (Å²) in [5.74, 6) is 0.916. The number of aryl methyl sites for hydroxylation is 1. The molecular weight excluding hydrogens is 456 g/mol. The fourth-order valence-corrected chi connectivity index (χ4v) is 5.67. The van der Waals surface area contributed by atoms with Crippen LogP contribution in [-0.4, -0.2) is 62.9 Å². The highest BCUT2D eigenvalue weighted by Gasteiger charge is 2.33. The van der Waals surface area contributed by atoms with Gasteiger partial charge in [-0.25, -0.2) is 8.42 Å². The van der Waals surface area contributed by atoms with Crippen LogP contribution >= 0.6 is 11.6 Å². The number of rotatable bonds is 3. The molecule has 2 aromatic carbocycles. The van der Waals surface area contributed by atoms with E-state index in [-0.39, 0.29) is 42.7 Å². The van der Waals surface area contributed by atoms with Crippen molar-refractivity contribution < 1.29 is 27.1 Å². The number of fused-ring (bicyclic) bond motifs is 2. The Morgan fingerprint density at radius 2 is 1.72 bits per heavy atom. The number of benzene rings is 2. The number of carbonyl (C=O) groups is 1. The summed E-state index contributed by atoms with van der Waals surface area (Å²) >= 11 is 6.20. The number of hydrogen-bond donors (Lipinski definition) is 0. The predicted octanol–water partition coefficient (Wildman–Crippen LogP) is 3.31. The normalized spacial score (nSPS) is 17.0. The number of halogens is 1. The molecule has 0 bridgehead atoms. The number of nitrogens with zero attached hydrogens (tertiary/aromatic N) is 2. The Balaban J connectivity index is 1.32. The van der Waals surface area contributed by atoms with E-state index in [1.54, 1.807) is 17.0 Å². The average molecular weight is 477 g/mol. The van der Waals surface area contributed by atoms with E-state index in [0.717, 1.165) is 10.9 Å². The van der Waals surface area contributed by atoms with E-state index in [9.17, 15) is 13.2 Å². The van der Waals surface area contributed by atoms with E-state index in [1.807, 2.05) is 19.1 Å². The van der Waals surface area contributed by atoms with E-state index in [1.165, 1.54) is 16.4 Å². The number of ether oxygens (including phenoxy) is 2. The van der Waals surface area contributed by atoms with E-state index in [4.69, 9.17) is 25.5 Å². The van der Waals surface area contributed by atoms with Gasteiger partial charge in [0.1, 0.15) is 13.2 Å². The second kappa shape index (κ2) is 7.99. The van der Waals surface area contributed by atoms with Gasteiger partial charge in [0.15, 0.2) is 22.8 Å². The summed E-state index contributed by atoms with van der Waals surface area (Å²) in [4.78, 5) is 14.8. The van der Waals surface area contributed by atoms with Gasteiger partial charge < -0.3 is 18.8 Å². The van der Waals surface area contributed by atoms with Crippen LogP contribution in [0.2, 0.25) is 5.02 Å². The molecule has 0 N–H and O–H groups in total. The summed E-state index contributed by atoms with van der Waals surface area (Å²) in [6.45, 7) is 3.51. The Labute approximate surface area is 190 Å². The van der Waals surface area contributed by atoms with Crippen molar-refractivity contribution in [3.05, 3.63) is 52.7 Å². The van der Waals surface area contributed by atoms with Gasteiger partial charge in [0.05, 0.1) is 9.92 Å². The van der Waals surface area contributed by atoms with Crippen molar-refractivity contribution in [3.8, 4) is 11.5 Å². The first-order chi connectivity index (χ1) is 15.4. The standard InChI is InChI=1S/C22H21ClN2O6S/c1-14-16-3-2-4-17(23)21(16)31-20(14)22(26)24-7-9-25(10-8-24)32(27,28)15-5-6-18-19(13-15)30-12-11-29-18/h2-6,13H,7-12H2,1H3. The first-order valence-corrected chi connectivity index (χ1v) is 12.0. The Hall–Kier alpha value is -2.75. The van der Waals surface area contributed by atoms with Crippen LogP contribution in [0.3, 0.4) is 0 Å². The first-order valence-electron chi connectivity index (χ1n) is 10.2. The Bertz CT molecular complexity index is 1310. The molecule has 1 aromatic heterocycles. The van der Waals surface area contributed by atoms with Gasteiger partial charge in [0.25, 0.3) is 5.91 Å². The van der Waals surface area contributed by atoms with Crippen LogP contribution in [0.1, 0.15) is 16.1 Å². The molecule has 1 saturated heterocycles. The highest BCUT2D eigenvalue weighted by Crippen LogP contribution is 2.34. The van der Waals surface area contributed by atoms with E-state index in [2.05, 4.69) is 0 Å². The number of sulfonamides is 1. The molecule has 1 fully saturated rings. The maximum atomic E-state index is 13.1. The molecule has 2 aliphatic heterocycles. The molecule has 32 heavy (non-hydrogen) atoms. The summed E-state index contributed by atoms with van der Waals surface area (Å²) < 4.78 is 44.4. The summed E-state index contributed by atoms with van der Waals surface area (Å²) in [6.07, 6.45) is 0. The summed E-state index contributed by atoms with van der Waals surface area (Å²) in [6, 6.07) is 9.99. The molecule has 0 saturated carbocycles. The van der Waals surface area contributed by atoms with Crippen LogP contribution in [0.4, 0.5) is 0 Å². The minimum absolute atomic E-state index is 0.143. The molecule has 5 rings (SSSR count). The first kappa shape index (κ1) is 21.1. The fraction of sp³-hybridized carbons (Fsp3) is 0.318. The lowest BCUT2D eigenvalue weighted by Crippen LogP contribution is -2.50. The minimum atomic E-state index is -3.72. The number of furan rings is 1. The maximum absolute atomic E-state index is 13.1. The van der Waals surface area contributed by atoms with Crippen molar-refractivity contribution in [2.24, 2.45) is 0 Å². The number of para-hydroxylation sites is 1. The van der Waals surface area contributed by atoms with Gasteiger partial charge in [0, 0.05) is 43.2 Å². The lowest BCUT2D eigenvalue weighted by atomic mass is 10.1. The van der Waals surface area contributed by atoms with Crippen LogP contribution in [0.25, 0.3) is 11.0 Å². The molecule has 0 aliphatic carbocycles. The average Bonchev–Trinajstić information content (AvgIpc) is 3.16. The van der Waals surface area contributed by atoms with Crippen molar-refractivity contribution in [3.63, 3.8) is 0 Å². The second-order valence-corrected chi connectivity index (χ2v) is 10.0. The van der Waals surface area contributed by atoms with Gasteiger partial charge in [-0.05, 0) is 25.1 Å². The molecule has 168 valence electrons. The Kier molecular flexibility index (Phi) is 5.27. The molecule has 0 spiro atoms. The van der Waals surface area contributed by atoms with E-state index >= 15 is 0 Å². The van der Waals surface area contributed by atoms with Gasteiger partial charge in [-0.3, -0.25) is 4.79 Å². The lowest BCUT2D eigenvalue weighted by molar-refractivity contribution is 0.0667.